The van der Waals surface area contributed by atoms with Crippen LogP contribution in [-0.2, 0) is 0 Å². The highest BCUT2D eigenvalue weighted by Crippen LogP contribution is 2.28. The van der Waals surface area contributed by atoms with E-state index in [0.29, 0.717) is 11.1 Å². The number of halogens is 1. The summed E-state index contributed by atoms with van der Waals surface area (Å²) in [5.41, 5.74) is 2.71. The molecule has 0 aliphatic heterocycles. The summed E-state index contributed by atoms with van der Waals surface area (Å²) in [5.74, 6) is 0.0131. The molecule has 5 rings (SSSR count). The molecule has 156 valence electrons. The lowest BCUT2D eigenvalue weighted by atomic mass is 9.90. The van der Waals surface area contributed by atoms with Gasteiger partial charge in [0.2, 0.25) is 0 Å². The Morgan fingerprint density at radius 2 is 1.65 bits per heavy atom. The Labute approximate surface area is 186 Å². The normalized spacial score (nSPS) is 18.7. The number of pyridine rings is 1. The summed E-state index contributed by atoms with van der Waals surface area (Å²) in [6.45, 7) is 0. The molecule has 4 nitrogen and oxygen atoms in total. The van der Waals surface area contributed by atoms with E-state index < -0.39 is 0 Å². The standard InChI is InChI=1S/C26H24ClN3O/c27-20-7-12-23-24(13-14-28-25(23)16-20)29-21-8-10-22(11-9-21)30-26(31)19-6-5-17-3-1-2-4-18(17)15-19/h1-7,12-16,21-22H,8-11H2,(H,28,29)(H,30,31). The van der Waals surface area contributed by atoms with Crippen molar-refractivity contribution in [3.05, 3.63) is 83.5 Å². The highest BCUT2D eigenvalue weighted by molar-refractivity contribution is 6.31. The van der Waals surface area contributed by atoms with Gasteiger partial charge in [-0.3, -0.25) is 9.78 Å². The molecule has 0 bridgehead atoms. The minimum absolute atomic E-state index is 0.0131. The third kappa shape index (κ3) is 4.35. The van der Waals surface area contributed by atoms with Crippen LogP contribution >= 0.6 is 11.6 Å². The first kappa shape index (κ1) is 19.8. The lowest BCUT2D eigenvalue weighted by Gasteiger charge is -2.30. The number of amides is 1. The fourth-order valence-electron chi connectivity index (χ4n) is 4.45. The number of anilines is 1. The minimum atomic E-state index is 0.0131. The van der Waals surface area contributed by atoms with Crippen molar-refractivity contribution in [2.45, 2.75) is 37.8 Å². The van der Waals surface area contributed by atoms with Crippen LogP contribution < -0.4 is 10.6 Å². The monoisotopic (exact) mass is 429 g/mol. The van der Waals surface area contributed by atoms with Crippen molar-refractivity contribution in [1.82, 2.24) is 10.3 Å². The summed E-state index contributed by atoms with van der Waals surface area (Å²) < 4.78 is 0. The maximum atomic E-state index is 12.8. The zero-order valence-corrected chi connectivity index (χ0v) is 17.9. The van der Waals surface area contributed by atoms with E-state index >= 15 is 0 Å². The van der Waals surface area contributed by atoms with Gasteiger partial charge in [0.05, 0.1) is 5.52 Å². The van der Waals surface area contributed by atoms with Crippen LogP contribution in [0.25, 0.3) is 21.7 Å². The Kier molecular flexibility index (Phi) is 5.47. The number of hydrogen-bond acceptors (Lipinski definition) is 3. The number of carbonyl (C=O) groups is 1. The lowest BCUT2D eigenvalue weighted by molar-refractivity contribution is 0.0926. The second-order valence-electron chi connectivity index (χ2n) is 8.25. The first-order valence-corrected chi connectivity index (χ1v) is 11.1. The van der Waals surface area contributed by atoms with Crippen LogP contribution in [0.4, 0.5) is 5.69 Å². The maximum absolute atomic E-state index is 12.8. The third-order valence-corrected chi connectivity index (χ3v) is 6.37. The van der Waals surface area contributed by atoms with Crippen molar-refractivity contribution in [1.29, 1.82) is 0 Å². The van der Waals surface area contributed by atoms with Gasteiger partial charge in [0.1, 0.15) is 0 Å². The van der Waals surface area contributed by atoms with Crippen LogP contribution in [0.2, 0.25) is 5.02 Å². The van der Waals surface area contributed by atoms with Crippen LogP contribution in [0.1, 0.15) is 36.0 Å². The fraction of sp³-hybridized carbons (Fsp3) is 0.231. The Morgan fingerprint density at radius 1 is 0.871 bits per heavy atom. The van der Waals surface area contributed by atoms with E-state index in [0.717, 1.165) is 58.6 Å². The van der Waals surface area contributed by atoms with E-state index in [1.807, 2.05) is 66.9 Å². The van der Waals surface area contributed by atoms with Crippen LogP contribution in [0.5, 0.6) is 0 Å². The first-order valence-electron chi connectivity index (χ1n) is 10.8. The number of nitrogens with one attached hydrogen (secondary N) is 2. The SMILES string of the molecule is O=C(NC1CCC(Nc2ccnc3cc(Cl)ccc23)CC1)c1ccc2ccccc2c1. The number of aromatic nitrogens is 1. The van der Waals surface area contributed by atoms with Gasteiger partial charge >= 0.3 is 0 Å². The Balaban J connectivity index is 1.20. The topological polar surface area (TPSA) is 54.0 Å². The molecule has 4 aromatic rings. The molecule has 1 saturated carbocycles. The summed E-state index contributed by atoms with van der Waals surface area (Å²) in [6, 6.07) is 22.4. The van der Waals surface area contributed by atoms with Crippen molar-refractivity contribution >= 4 is 44.9 Å². The molecule has 1 amide bonds. The number of carbonyl (C=O) groups excluding carboxylic acids is 1. The Hall–Kier alpha value is -3.11. The van der Waals surface area contributed by atoms with Gasteiger partial charge in [0.15, 0.2) is 0 Å². The minimum Gasteiger partial charge on any atom is -0.382 e. The molecule has 1 fully saturated rings. The van der Waals surface area contributed by atoms with Crippen molar-refractivity contribution in [2.24, 2.45) is 0 Å². The van der Waals surface area contributed by atoms with Crippen molar-refractivity contribution < 1.29 is 4.79 Å². The highest BCUT2D eigenvalue weighted by atomic mass is 35.5. The summed E-state index contributed by atoms with van der Waals surface area (Å²) in [5, 5.41) is 10.9. The third-order valence-electron chi connectivity index (χ3n) is 6.14. The molecule has 1 aliphatic carbocycles. The smallest absolute Gasteiger partial charge is 0.251 e. The average molecular weight is 430 g/mol. The number of rotatable bonds is 4. The molecular formula is C26H24ClN3O. The maximum Gasteiger partial charge on any atom is 0.251 e. The lowest BCUT2D eigenvalue weighted by Crippen LogP contribution is -2.40. The molecule has 0 atom stereocenters. The fourth-order valence-corrected chi connectivity index (χ4v) is 4.61. The largest absolute Gasteiger partial charge is 0.382 e. The van der Waals surface area contributed by atoms with E-state index in [9.17, 15) is 4.79 Å². The van der Waals surface area contributed by atoms with Gasteiger partial charge in [-0.15, -0.1) is 0 Å². The molecule has 3 aromatic carbocycles. The van der Waals surface area contributed by atoms with Crippen LogP contribution in [0.15, 0.2) is 72.9 Å². The van der Waals surface area contributed by atoms with E-state index in [-0.39, 0.29) is 11.9 Å². The second kappa shape index (κ2) is 8.56. The first-order chi connectivity index (χ1) is 15.2. The zero-order chi connectivity index (χ0) is 21.2. The highest BCUT2D eigenvalue weighted by Gasteiger charge is 2.23. The molecule has 0 radical (unpaired) electrons. The van der Waals surface area contributed by atoms with Crippen molar-refractivity contribution in [3.8, 4) is 0 Å². The molecule has 1 heterocycles. The van der Waals surface area contributed by atoms with E-state index in [1.54, 1.807) is 0 Å². The van der Waals surface area contributed by atoms with Crippen molar-refractivity contribution in [2.75, 3.05) is 5.32 Å². The number of benzene rings is 3. The van der Waals surface area contributed by atoms with E-state index in [4.69, 9.17) is 11.6 Å². The summed E-state index contributed by atoms with van der Waals surface area (Å²) in [7, 11) is 0. The molecule has 0 spiro atoms. The van der Waals surface area contributed by atoms with Crippen LogP contribution in [0.3, 0.4) is 0 Å². The van der Waals surface area contributed by atoms with Gasteiger partial charge in [-0.1, -0.05) is 41.9 Å². The average Bonchev–Trinajstić information content (AvgIpc) is 2.80. The predicted molar refractivity (Wildman–Crippen MR) is 128 cm³/mol. The van der Waals surface area contributed by atoms with Gasteiger partial charge in [0, 0.05) is 39.9 Å². The number of nitrogens with zero attached hydrogens (tertiary/aromatic N) is 1. The zero-order valence-electron chi connectivity index (χ0n) is 17.1. The van der Waals surface area contributed by atoms with Gasteiger partial charge in [-0.05, 0) is 72.9 Å². The summed E-state index contributed by atoms with van der Waals surface area (Å²) >= 11 is 6.10. The molecule has 2 N–H and O–H groups in total. The summed E-state index contributed by atoms with van der Waals surface area (Å²) in [4.78, 5) is 17.2. The van der Waals surface area contributed by atoms with Crippen LogP contribution in [-0.4, -0.2) is 23.0 Å². The van der Waals surface area contributed by atoms with E-state index in [2.05, 4.69) is 21.7 Å². The van der Waals surface area contributed by atoms with Gasteiger partial charge in [-0.2, -0.15) is 0 Å². The van der Waals surface area contributed by atoms with Gasteiger partial charge in [0.25, 0.3) is 5.91 Å². The molecule has 31 heavy (non-hydrogen) atoms. The number of hydrogen-bond donors (Lipinski definition) is 2. The molecule has 1 aromatic heterocycles. The molecule has 0 saturated heterocycles. The molecule has 1 aliphatic rings. The van der Waals surface area contributed by atoms with Gasteiger partial charge in [-0.25, -0.2) is 0 Å². The number of fused-ring (bicyclic) bond motifs is 2. The summed E-state index contributed by atoms with van der Waals surface area (Å²) in [6.07, 6.45) is 5.77. The van der Waals surface area contributed by atoms with Crippen molar-refractivity contribution in [3.63, 3.8) is 0 Å². The van der Waals surface area contributed by atoms with E-state index in [1.165, 1.54) is 0 Å². The molecule has 5 heteroatoms. The second-order valence-corrected chi connectivity index (χ2v) is 8.68. The Bertz CT molecular complexity index is 1250. The molecular weight excluding hydrogens is 406 g/mol. The van der Waals surface area contributed by atoms with Gasteiger partial charge < -0.3 is 10.6 Å². The molecule has 0 unspecified atom stereocenters. The van der Waals surface area contributed by atoms with Crippen LogP contribution in [0, 0.1) is 0 Å². The predicted octanol–water partition coefficient (Wildman–Crippen LogP) is 6.19. The quantitative estimate of drug-likeness (QED) is 0.406. The Morgan fingerprint density at radius 3 is 2.48 bits per heavy atom.